The lowest BCUT2D eigenvalue weighted by Gasteiger charge is -2.14. The van der Waals surface area contributed by atoms with Gasteiger partial charge < -0.3 is 10.1 Å². The van der Waals surface area contributed by atoms with Crippen LogP contribution in [-0.2, 0) is 22.5 Å². The Morgan fingerprint density at radius 2 is 2.23 bits per heavy atom. The first-order chi connectivity index (χ1) is 15.0. The van der Waals surface area contributed by atoms with Gasteiger partial charge in [-0.05, 0) is 37.5 Å². The second-order valence-corrected chi connectivity index (χ2v) is 9.11. The highest BCUT2D eigenvalue weighted by Gasteiger charge is 2.23. The Kier molecular flexibility index (Phi) is 6.99. The third kappa shape index (κ3) is 5.31. The van der Waals surface area contributed by atoms with Crippen LogP contribution in [0.15, 0.2) is 34.8 Å². The van der Waals surface area contributed by atoms with E-state index in [2.05, 4.69) is 33.9 Å². The predicted molar refractivity (Wildman–Crippen MR) is 117 cm³/mol. The lowest BCUT2D eigenvalue weighted by atomic mass is 10.2. The zero-order valence-electron chi connectivity index (χ0n) is 16.9. The molecule has 1 saturated heterocycles. The predicted octanol–water partition coefficient (Wildman–Crippen LogP) is 4.76. The summed E-state index contributed by atoms with van der Waals surface area (Å²) in [5.74, 6) is -1.15. The van der Waals surface area contributed by atoms with Gasteiger partial charge in [-0.1, -0.05) is 18.7 Å². The number of ether oxygens (including phenoxy) is 1. The maximum atomic E-state index is 13.8. The Bertz CT molecular complexity index is 1060. The molecule has 164 valence electrons. The van der Waals surface area contributed by atoms with Gasteiger partial charge in [0.25, 0.3) is 0 Å². The molecule has 0 radical (unpaired) electrons. The maximum Gasteiger partial charge on any atom is 0.234 e. The number of thioether (sulfide) groups is 1. The van der Waals surface area contributed by atoms with Crippen molar-refractivity contribution in [2.24, 2.45) is 0 Å². The number of amides is 1. The van der Waals surface area contributed by atoms with Crippen LogP contribution in [0, 0.1) is 11.6 Å². The molecule has 10 heteroatoms. The van der Waals surface area contributed by atoms with E-state index in [9.17, 15) is 13.6 Å². The van der Waals surface area contributed by atoms with Gasteiger partial charge in [-0.2, -0.15) is 0 Å². The Morgan fingerprint density at radius 1 is 1.35 bits per heavy atom. The van der Waals surface area contributed by atoms with Crippen LogP contribution in [0.4, 0.5) is 14.5 Å². The molecule has 6 nitrogen and oxygen atoms in total. The Labute approximate surface area is 187 Å². The van der Waals surface area contributed by atoms with Crippen molar-refractivity contribution in [3.05, 3.63) is 46.2 Å². The average Bonchev–Trinajstić information content (AvgIpc) is 3.50. The second kappa shape index (κ2) is 9.88. The summed E-state index contributed by atoms with van der Waals surface area (Å²) in [5, 5.41) is 13.8. The number of thiophene rings is 1. The summed E-state index contributed by atoms with van der Waals surface area (Å²) in [7, 11) is 0. The molecule has 3 aromatic rings. The van der Waals surface area contributed by atoms with Crippen molar-refractivity contribution >= 4 is 34.7 Å². The first-order valence-corrected chi connectivity index (χ1v) is 11.9. The number of carbonyl (C=O) groups excluding carboxylic acids is 1. The minimum absolute atomic E-state index is 0.0182. The van der Waals surface area contributed by atoms with Crippen LogP contribution in [0.1, 0.15) is 24.6 Å². The SMILES string of the molecule is CCc1cc(-c2nnc(SCC(=O)Nc3ccc(F)cc3F)n2CC2CCCO2)cs1. The van der Waals surface area contributed by atoms with E-state index in [-0.39, 0.29) is 17.5 Å². The molecule has 0 aliphatic carbocycles. The number of rotatable bonds is 8. The van der Waals surface area contributed by atoms with E-state index >= 15 is 0 Å². The number of nitrogens with one attached hydrogen (secondary N) is 1. The number of carbonyl (C=O) groups is 1. The van der Waals surface area contributed by atoms with Gasteiger partial charge in [-0.3, -0.25) is 9.36 Å². The highest BCUT2D eigenvalue weighted by atomic mass is 32.2. The van der Waals surface area contributed by atoms with E-state index in [0.29, 0.717) is 11.7 Å². The van der Waals surface area contributed by atoms with Crippen LogP contribution >= 0.6 is 23.1 Å². The van der Waals surface area contributed by atoms with Gasteiger partial charge in [0.05, 0.1) is 24.1 Å². The molecule has 3 heterocycles. The second-order valence-electron chi connectivity index (χ2n) is 7.17. The molecule has 1 aliphatic heterocycles. The number of hydrogen-bond donors (Lipinski definition) is 1. The van der Waals surface area contributed by atoms with Gasteiger partial charge in [0.1, 0.15) is 11.6 Å². The first-order valence-electron chi connectivity index (χ1n) is 10.0. The Hall–Kier alpha value is -2.30. The maximum absolute atomic E-state index is 13.8. The minimum atomic E-state index is -0.814. The van der Waals surface area contributed by atoms with Crippen molar-refractivity contribution in [1.82, 2.24) is 14.8 Å². The molecule has 1 atom stereocenters. The number of halogens is 2. The molecule has 4 rings (SSSR count). The normalized spacial score (nSPS) is 16.0. The summed E-state index contributed by atoms with van der Waals surface area (Å²) in [6.07, 6.45) is 3.03. The zero-order chi connectivity index (χ0) is 21.8. The highest BCUT2D eigenvalue weighted by Crippen LogP contribution is 2.30. The molecule has 0 spiro atoms. The van der Waals surface area contributed by atoms with Crippen LogP contribution in [0.5, 0.6) is 0 Å². The molecule has 1 N–H and O–H groups in total. The number of nitrogens with zero attached hydrogens (tertiary/aromatic N) is 3. The molecule has 1 aliphatic rings. The fraction of sp³-hybridized carbons (Fsp3) is 0.381. The van der Waals surface area contributed by atoms with Crippen molar-refractivity contribution in [1.29, 1.82) is 0 Å². The fourth-order valence-electron chi connectivity index (χ4n) is 3.36. The molecule has 1 aromatic carbocycles. The molecule has 31 heavy (non-hydrogen) atoms. The van der Waals surface area contributed by atoms with Crippen molar-refractivity contribution in [2.45, 2.75) is 44.0 Å². The van der Waals surface area contributed by atoms with Crippen molar-refractivity contribution < 1.29 is 18.3 Å². The van der Waals surface area contributed by atoms with E-state index in [1.807, 2.05) is 4.57 Å². The molecular weight excluding hydrogens is 442 g/mol. The molecule has 0 bridgehead atoms. The summed E-state index contributed by atoms with van der Waals surface area (Å²) < 4.78 is 34.6. The topological polar surface area (TPSA) is 69.0 Å². The number of aromatic nitrogens is 3. The van der Waals surface area contributed by atoms with Gasteiger partial charge in [-0.25, -0.2) is 8.78 Å². The molecule has 1 unspecified atom stereocenters. The molecule has 1 amide bonds. The van der Waals surface area contributed by atoms with E-state index < -0.39 is 17.5 Å². The molecule has 1 fully saturated rings. The van der Waals surface area contributed by atoms with Crippen LogP contribution in [0.3, 0.4) is 0 Å². The van der Waals surface area contributed by atoms with Crippen LogP contribution in [0.25, 0.3) is 11.4 Å². The first kappa shape index (κ1) is 21.9. The standard InChI is InChI=1S/C21H22F2N4O2S2/c1-2-16-8-13(11-30-16)20-25-26-21(27(20)10-15-4-3-7-29-15)31-12-19(28)24-18-6-5-14(22)9-17(18)23/h5-6,8-9,11,15H,2-4,7,10,12H2,1H3,(H,24,28). The van der Waals surface area contributed by atoms with Crippen molar-refractivity contribution in [3.8, 4) is 11.4 Å². The lowest BCUT2D eigenvalue weighted by Crippen LogP contribution is -2.18. The third-order valence-corrected chi connectivity index (χ3v) is 6.97. The van der Waals surface area contributed by atoms with Gasteiger partial charge >= 0.3 is 0 Å². The monoisotopic (exact) mass is 464 g/mol. The summed E-state index contributed by atoms with van der Waals surface area (Å²) >= 11 is 2.90. The molecular formula is C21H22F2N4O2S2. The zero-order valence-corrected chi connectivity index (χ0v) is 18.6. The van der Waals surface area contributed by atoms with Gasteiger partial charge in [0.15, 0.2) is 11.0 Å². The summed E-state index contributed by atoms with van der Waals surface area (Å²) in [6, 6.07) is 5.15. The van der Waals surface area contributed by atoms with E-state index in [1.165, 1.54) is 22.7 Å². The highest BCUT2D eigenvalue weighted by molar-refractivity contribution is 7.99. The summed E-state index contributed by atoms with van der Waals surface area (Å²) in [6.45, 7) is 3.46. The average molecular weight is 465 g/mol. The smallest absolute Gasteiger partial charge is 0.234 e. The van der Waals surface area contributed by atoms with Crippen LogP contribution in [0.2, 0.25) is 0 Å². The van der Waals surface area contributed by atoms with Crippen molar-refractivity contribution in [2.75, 3.05) is 17.7 Å². The van der Waals surface area contributed by atoms with E-state index in [4.69, 9.17) is 4.74 Å². The lowest BCUT2D eigenvalue weighted by molar-refractivity contribution is -0.113. The summed E-state index contributed by atoms with van der Waals surface area (Å²) in [4.78, 5) is 13.6. The Morgan fingerprint density at radius 3 is 2.94 bits per heavy atom. The van der Waals surface area contributed by atoms with E-state index in [0.717, 1.165) is 49.4 Å². The van der Waals surface area contributed by atoms with E-state index in [1.54, 1.807) is 11.3 Å². The van der Waals surface area contributed by atoms with Gasteiger partial charge in [-0.15, -0.1) is 21.5 Å². The van der Waals surface area contributed by atoms with Crippen LogP contribution in [-0.4, -0.2) is 39.1 Å². The number of aryl methyl sites for hydroxylation is 1. The van der Waals surface area contributed by atoms with Crippen LogP contribution < -0.4 is 5.32 Å². The number of hydrogen-bond acceptors (Lipinski definition) is 6. The quantitative estimate of drug-likeness (QED) is 0.487. The minimum Gasteiger partial charge on any atom is -0.376 e. The number of benzene rings is 1. The number of anilines is 1. The van der Waals surface area contributed by atoms with Gasteiger partial charge in [0, 0.05) is 28.5 Å². The third-order valence-electron chi connectivity index (χ3n) is 4.93. The summed E-state index contributed by atoms with van der Waals surface area (Å²) in [5.41, 5.74) is 0.941. The molecule has 2 aromatic heterocycles. The van der Waals surface area contributed by atoms with Crippen molar-refractivity contribution in [3.63, 3.8) is 0 Å². The Balaban J connectivity index is 1.49. The fourth-order valence-corrected chi connectivity index (χ4v) is 4.92. The molecule has 0 saturated carbocycles. The van der Waals surface area contributed by atoms with Gasteiger partial charge in [0.2, 0.25) is 5.91 Å². The largest absolute Gasteiger partial charge is 0.376 e.